The van der Waals surface area contributed by atoms with E-state index in [0.29, 0.717) is 6.42 Å². The molecule has 0 aromatic carbocycles. The number of aliphatic hydroxyl groups is 1. The first-order chi connectivity index (χ1) is 9.27. The molecular weight excluding hydrogens is 262 g/mol. The number of hydrogen-bond donors (Lipinski definition) is 3. The van der Waals surface area contributed by atoms with Crippen molar-refractivity contribution in [1.82, 2.24) is 10.2 Å². The molecule has 0 radical (unpaired) electrons. The lowest BCUT2D eigenvalue weighted by molar-refractivity contribution is -0.138. The van der Waals surface area contributed by atoms with Crippen molar-refractivity contribution in [3.8, 4) is 0 Å². The molecule has 3 amide bonds. The highest BCUT2D eigenvalue weighted by molar-refractivity contribution is 5.91. The Bertz CT molecular complexity index is 399. The smallest absolute Gasteiger partial charge is 0.243 e. The molecule has 1 fully saturated rings. The fourth-order valence-electron chi connectivity index (χ4n) is 2.39. The SMILES string of the molecule is CC[C@@H](C)[C@H](NC(=O)[C@@H]1C[C@@H](O)CN1C(C)=O)C(N)=O. The first-order valence-electron chi connectivity index (χ1n) is 6.82. The molecule has 0 aromatic rings. The Morgan fingerprint density at radius 1 is 1.45 bits per heavy atom. The third-order valence-electron chi connectivity index (χ3n) is 3.80. The van der Waals surface area contributed by atoms with Crippen LogP contribution >= 0.6 is 0 Å². The van der Waals surface area contributed by atoms with Crippen molar-refractivity contribution in [2.45, 2.75) is 51.8 Å². The third kappa shape index (κ3) is 3.69. The zero-order valence-electron chi connectivity index (χ0n) is 12.1. The van der Waals surface area contributed by atoms with Gasteiger partial charge in [-0.25, -0.2) is 0 Å². The van der Waals surface area contributed by atoms with E-state index in [1.807, 2.05) is 13.8 Å². The minimum atomic E-state index is -0.765. The number of carbonyl (C=O) groups is 3. The number of likely N-dealkylation sites (tertiary alicyclic amines) is 1. The van der Waals surface area contributed by atoms with Crippen molar-refractivity contribution >= 4 is 17.7 Å². The highest BCUT2D eigenvalue weighted by atomic mass is 16.3. The summed E-state index contributed by atoms with van der Waals surface area (Å²) >= 11 is 0. The van der Waals surface area contributed by atoms with E-state index in [9.17, 15) is 19.5 Å². The van der Waals surface area contributed by atoms with Crippen molar-refractivity contribution < 1.29 is 19.5 Å². The molecule has 0 spiro atoms. The van der Waals surface area contributed by atoms with Gasteiger partial charge in [0.05, 0.1) is 6.10 Å². The van der Waals surface area contributed by atoms with Crippen LogP contribution in [0.3, 0.4) is 0 Å². The maximum absolute atomic E-state index is 12.2. The van der Waals surface area contributed by atoms with Gasteiger partial charge in [-0.2, -0.15) is 0 Å². The highest BCUT2D eigenvalue weighted by Crippen LogP contribution is 2.19. The molecule has 1 saturated heterocycles. The van der Waals surface area contributed by atoms with E-state index >= 15 is 0 Å². The van der Waals surface area contributed by atoms with E-state index in [1.165, 1.54) is 11.8 Å². The summed E-state index contributed by atoms with van der Waals surface area (Å²) in [7, 11) is 0. The predicted octanol–water partition coefficient (Wildman–Crippen LogP) is -1.02. The van der Waals surface area contributed by atoms with E-state index in [-0.39, 0.29) is 24.8 Å². The van der Waals surface area contributed by atoms with Crippen LogP contribution in [0.1, 0.15) is 33.6 Å². The summed E-state index contributed by atoms with van der Waals surface area (Å²) in [6.45, 7) is 5.20. The van der Waals surface area contributed by atoms with Gasteiger partial charge in [0.25, 0.3) is 0 Å². The molecule has 114 valence electrons. The Kier molecular flexibility index (Phi) is 5.50. The Morgan fingerprint density at radius 3 is 2.50 bits per heavy atom. The minimum Gasteiger partial charge on any atom is -0.391 e. The van der Waals surface area contributed by atoms with Crippen LogP contribution in [0.25, 0.3) is 0 Å². The number of amides is 3. The van der Waals surface area contributed by atoms with Crippen molar-refractivity contribution in [2.24, 2.45) is 11.7 Å². The summed E-state index contributed by atoms with van der Waals surface area (Å²) in [6.07, 6.45) is 0.153. The summed E-state index contributed by atoms with van der Waals surface area (Å²) in [5, 5.41) is 12.2. The summed E-state index contributed by atoms with van der Waals surface area (Å²) in [5.41, 5.74) is 5.30. The maximum Gasteiger partial charge on any atom is 0.243 e. The molecular formula is C13H23N3O4. The van der Waals surface area contributed by atoms with E-state index in [4.69, 9.17) is 5.73 Å². The van der Waals surface area contributed by atoms with Gasteiger partial charge in [-0.3, -0.25) is 14.4 Å². The maximum atomic E-state index is 12.2. The molecule has 7 heteroatoms. The Labute approximate surface area is 118 Å². The van der Waals surface area contributed by atoms with Crippen LogP contribution in [-0.4, -0.2) is 52.5 Å². The van der Waals surface area contributed by atoms with E-state index in [1.54, 1.807) is 0 Å². The average Bonchev–Trinajstić information content (AvgIpc) is 2.76. The lowest BCUT2D eigenvalue weighted by Gasteiger charge is -2.26. The van der Waals surface area contributed by atoms with Gasteiger partial charge >= 0.3 is 0 Å². The molecule has 1 heterocycles. The molecule has 0 aromatic heterocycles. The van der Waals surface area contributed by atoms with Crippen LogP contribution < -0.4 is 11.1 Å². The van der Waals surface area contributed by atoms with Gasteiger partial charge in [-0.1, -0.05) is 20.3 Å². The van der Waals surface area contributed by atoms with Crippen molar-refractivity contribution in [2.75, 3.05) is 6.54 Å². The fourth-order valence-corrected chi connectivity index (χ4v) is 2.39. The van der Waals surface area contributed by atoms with Gasteiger partial charge in [0, 0.05) is 19.9 Å². The fraction of sp³-hybridized carbons (Fsp3) is 0.769. The van der Waals surface area contributed by atoms with Gasteiger partial charge in [-0.05, 0) is 5.92 Å². The van der Waals surface area contributed by atoms with E-state index < -0.39 is 30.0 Å². The zero-order valence-corrected chi connectivity index (χ0v) is 12.1. The largest absolute Gasteiger partial charge is 0.391 e. The number of nitrogens with one attached hydrogen (secondary N) is 1. The van der Waals surface area contributed by atoms with Crippen LogP contribution in [0.2, 0.25) is 0 Å². The monoisotopic (exact) mass is 285 g/mol. The standard InChI is InChI=1S/C13H23N3O4/c1-4-7(2)11(12(14)19)15-13(20)10-5-9(18)6-16(10)8(3)17/h7,9-11,18H,4-6H2,1-3H3,(H2,14,19)(H,15,20)/t7-,9-,10+,11+/m1/s1. The van der Waals surface area contributed by atoms with Gasteiger partial charge in [0.2, 0.25) is 17.7 Å². The number of nitrogens with zero attached hydrogens (tertiary/aromatic N) is 1. The lowest BCUT2D eigenvalue weighted by Crippen LogP contribution is -2.54. The van der Waals surface area contributed by atoms with Crippen LogP contribution in [0.15, 0.2) is 0 Å². The lowest BCUT2D eigenvalue weighted by atomic mass is 9.98. The van der Waals surface area contributed by atoms with Crippen LogP contribution in [0.5, 0.6) is 0 Å². The second-order valence-corrected chi connectivity index (χ2v) is 5.35. The van der Waals surface area contributed by atoms with Crippen molar-refractivity contribution in [3.05, 3.63) is 0 Å². The number of primary amides is 1. The number of aliphatic hydroxyl groups excluding tert-OH is 1. The average molecular weight is 285 g/mol. The molecule has 0 aliphatic carbocycles. The molecule has 1 aliphatic heterocycles. The number of β-amino-alcohol motifs (C(OH)–C–C–N with tert-alkyl or cyclic N) is 1. The summed E-state index contributed by atoms with van der Waals surface area (Å²) in [4.78, 5) is 36.4. The summed E-state index contributed by atoms with van der Waals surface area (Å²) in [6, 6.07) is -1.51. The van der Waals surface area contributed by atoms with E-state index in [2.05, 4.69) is 5.32 Å². The molecule has 1 rings (SSSR count). The second kappa shape index (κ2) is 6.69. The van der Waals surface area contributed by atoms with Crippen LogP contribution in [0.4, 0.5) is 0 Å². The Balaban J connectivity index is 2.78. The molecule has 4 N–H and O–H groups in total. The molecule has 20 heavy (non-hydrogen) atoms. The van der Waals surface area contributed by atoms with Crippen molar-refractivity contribution in [1.29, 1.82) is 0 Å². The molecule has 0 bridgehead atoms. The molecule has 1 aliphatic rings. The topological polar surface area (TPSA) is 113 Å². The molecule has 0 unspecified atom stereocenters. The Morgan fingerprint density at radius 2 is 2.05 bits per heavy atom. The number of nitrogens with two attached hydrogens (primary N) is 1. The van der Waals surface area contributed by atoms with Gasteiger partial charge < -0.3 is 21.1 Å². The van der Waals surface area contributed by atoms with Crippen molar-refractivity contribution in [3.63, 3.8) is 0 Å². The second-order valence-electron chi connectivity index (χ2n) is 5.35. The summed E-state index contributed by atoms with van der Waals surface area (Å²) in [5.74, 6) is -1.41. The van der Waals surface area contributed by atoms with Crippen LogP contribution in [0, 0.1) is 5.92 Å². The highest BCUT2D eigenvalue weighted by Gasteiger charge is 2.39. The molecule has 4 atom stereocenters. The third-order valence-corrected chi connectivity index (χ3v) is 3.80. The number of hydrogen-bond acceptors (Lipinski definition) is 4. The molecule has 7 nitrogen and oxygen atoms in total. The van der Waals surface area contributed by atoms with Crippen LogP contribution in [-0.2, 0) is 14.4 Å². The minimum absolute atomic E-state index is 0.0893. The van der Waals surface area contributed by atoms with Gasteiger partial charge in [0.1, 0.15) is 12.1 Å². The van der Waals surface area contributed by atoms with E-state index in [0.717, 1.165) is 0 Å². The first-order valence-corrected chi connectivity index (χ1v) is 6.82. The normalized spacial score (nSPS) is 25.1. The Hall–Kier alpha value is -1.63. The summed E-state index contributed by atoms with van der Waals surface area (Å²) < 4.78 is 0. The number of rotatable bonds is 5. The predicted molar refractivity (Wildman–Crippen MR) is 72.4 cm³/mol. The van der Waals surface area contributed by atoms with Gasteiger partial charge in [-0.15, -0.1) is 0 Å². The zero-order chi connectivity index (χ0) is 15.4. The van der Waals surface area contributed by atoms with Gasteiger partial charge in [0.15, 0.2) is 0 Å². The first kappa shape index (κ1) is 16.4. The molecule has 0 saturated carbocycles. The number of carbonyl (C=O) groups excluding carboxylic acids is 3. The quantitative estimate of drug-likeness (QED) is 0.600.